The topological polar surface area (TPSA) is 215 Å². The third-order valence-electron chi connectivity index (χ3n) is 5.02. The van der Waals surface area contributed by atoms with Gasteiger partial charge in [-0.25, -0.2) is 4.79 Å². The van der Waals surface area contributed by atoms with Crippen molar-refractivity contribution in [2.75, 3.05) is 30.6 Å². The molecule has 0 aromatic carbocycles. The summed E-state index contributed by atoms with van der Waals surface area (Å²) >= 11 is 3.05. The number of aliphatic imine (C=N–C) groups is 1. The molecule has 0 aromatic rings. The second-order valence-electron chi connectivity index (χ2n) is 8.31. The van der Waals surface area contributed by atoms with Crippen LogP contribution in [0.5, 0.6) is 0 Å². The first kappa shape index (κ1) is 32.8. The van der Waals surface area contributed by atoms with Gasteiger partial charge in [-0.05, 0) is 55.6 Å². The zero-order chi connectivity index (χ0) is 27.0. The summed E-state index contributed by atoms with van der Waals surface area (Å²) in [5.41, 5.74) is 16.4. The highest BCUT2D eigenvalue weighted by Crippen LogP contribution is 2.08. The highest BCUT2D eigenvalue weighted by molar-refractivity contribution is 7.98. The lowest BCUT2D eigenvalue weighted by Crippen LogP contribution is -2.58. The van der Waals surface area contributed by atoms with Gasteiger partial charge < -0.3 is 38.3 Å². The molecule has 4 unspecified atom stereocenters. The minimum absolute atomic E-state index is 0.0993. The predicted octanol–water partition coefficient (Wildman–Crippen LogP) is -0.931. The Bertz CT molecular complexity index is 720. The zero-order valence-corrected chi connectivity index (χ0v) is 22.5. The molecule has 3 amide bonds. The molecule has 35 heavy (non-hydrogen) atoms. The van der Waals surface area contributed by atoms with Crippen molar-refractivity contribution in [3.63, 3.8) is 0 Å². The average molecular weight is 536 g/mol. The van der Waals surface area contributed by atoms with E-state index in [1.807, 2.05) is 12.5 Å². The van der Waals surface area contributed by atoms with E-state index in [9.17, 15) is 24.3 Å². The number of carboxylic acid groups (broad SMARTS) is 1. The van der Waals surface area contributed by atoms with Gasteiger partial charge in [-0.15, -0.1) is 0 Å². The van der Waals surface area contributed by atoms with E-state index in [-0.39, 0.29) is 31.3 Å². The van der Waals surface area contributed by atoms with Crippen LogP contribution >= 0.6 is 23.5 Å². The van der Waals surface area contributed by atoms with E-state index in [0.29, 0.717) is 24.3 Å². The third-order valence-corrected chi connectivity index (χ3v) is 6.31. The Hall–Kier alpha value is -2.19. The predicted molar refractivity (Wildman–Crippen MR) is 142 cm³/mol. The molecule has 0 aliphatic rings. The molecule has 0 bridgehead atoms. The number of carboxylic acids is 1. The molecular weight excluding hydrogens is 494 g/mol. The number of nitrogens with two attached hydrogens (primary N) is 3. The van der Waals surface area contributed by atoms with E-state index in [1.165, 1.54) is 11.8 Å². The van der Waals surface area contributed by atoms with Gasteiger partial charge in [0.05, 0.1) is 6.04 Å². The minimum atomic E-state index is -1.20. The van der Waals surface area contributed by atoms with Crippen molar-refractivity contribution in [3.05, 3.63) is 0 Å². The van der Waals surface area contributed by atoms with Crippen LogP contribution < -0.4 is 33.2 Å². The zero-order valence-electron chi connectivity index (χ0n) is 20.9. The summed E-state index contributed by atoms with van der Waals surface area (Å²) in [5, 5.41) is 17.3. The van der Waals surface area contributed by atoms with Crippen LogP contribution in [0, 0.1) is 5.92 Å². The van der Waals surface area contributed by atoms with E-state index < -0.39 is 47.9 Å². The Morgan fingerprint density at radius 3 is 1.94 bits per heavy atom. The smallest absolute Gasteiger partial charge is 0.326 e. The van der Waals surface area contributed by atoms with Gasteiger partial charge in [0.15, 0.2) is 5.96 Å². The fourth-order valence-electron chi connectivity index (χ4n) is 2.97. The molecule has 202 valence electrons. The molecule has 12 nitrogen and oxygen atoms in total. The molecule has 0 saturated heterocycles. The van der Waals surface area contributed by atoms with Crippen molar-refractivity contribution in [2.45, 2.75) is 63.7 Å². The highest BCUT2D eigenvalue weighted by atomic mass is 32.2. The lowest BCUT2D eigenvalue weighted by atomic mass is 10.0. The Morgan fingerprint density at radius 2 is 1.43 bits per heavy atom. The molecular formula is C21H41N7O5S2. The fourth-order valence-corrected chi connectivity index (χ4v) is 3.93. The van der Waals surface area contributed by atoms with Crippen LogP contribution in [0.4, 0.5) is 0 Å². The maximum Gasteiger partial charge on any atom is 0.326 e. The molecule has 0 aliphatic heterocycles. The Morgan fingerprint density at radius 1 is 0.857 bits per heavy atom. The van der Waals surface area contributed by atoms with Gasteiger partial charge in [-0.2, -0.15) is 23.5 Å². The van der Waals surface area contributed by atoms with Gasteiger partial charge in [0.2, 0.25) is 17.7 Å². The van der Waals surface area contributed by atoms with Crippen molar-refractivity contribution in [3.8, 4) is 0 Å². The van der Waals surface area contributed by atoms with E-state index in [0.717, 1.165) is 0 Å². The third kappa shape index (κ3) is 14.1. The first-order chi connectivity index (χ1) is 16.4. The number of rotatable bonds is 18. The number of carbonyl (C=O) groups excluding carboxylic acids is 3. The molecule has 0 spiro atoms. The molecule has 0 saturated carbocycles. The number of nitrogens with zero attached hydrogens (tertiary/aromatic N) is 1. The number of aliphatic carboxylic acids is 1. The monoisotopic (exact) mass is 535 g/mol. The Kier molecular flexibility index (Phi) is 17.0. The van der Waals surface area contributed by atoms with Crippen LogP contribution in [0.1, 0.15) is 39.5 Å². The summed E-state index contributed by atoms with van der Waals surface area (Å²) in [4.78, 5) is 53.8. The van der Waals surface area contributed by atoms with Gasteiger partial charge >= 0.3 is 5.97 Å². The van der Waals surface area contributed by atoms with Gasteiger partial charge in [0.1, 0.15) is 18.1 Å². The number of guanidine groups is 1. The minimum Gasteiger partial charge on any atom is -0.480 e. The van der Waals surface area contributed by atoms with Crippen molar-refractivity contribution in [1.82, 2.24) is 16.0 Å². The summed E-state index contributed by atoms with van der Waals surface area (Å²) < 4.78 is 0. The molecule has 10 N–H and O–H groups in total. The summed E-state index contributed by atoms with van der Waals surface area (Å²) in [6, 6.07) is -3.79. The number of carbonyl (C=O) groups is 4. The number of hydrogen-bond acceptors (Lipinski definition) is 8. The number of thioether (sulfide) groups is 2. The SMILES string of the molecule is CSCCC(N)C(=O)NC(C(=O)NC(CCSC)C(=O)NC(CCCN=C(N)N)C(=O)O)C(C)C. The standard InChI is InChI=1S/C21H41N7O5S2/c1-12(2)16(28-17(29)13(22)7-10-34-3)19(31)26-14(8-11-35-4)18(30)27-15(20(32)33)6-5-9-25-21(23)24/h12-16H,5-11,22H2,1-4H3,(H,26,31)(H,27,30)(H,28,29)(H,32,33)(H4,23,24,25). The van der Waals surface area contributed by atoms with Gasteiger partial charge in [-0.1, -0.05) is 13.8 Å². The summed E-state index contributed by atoms with van der Waals surface area (Å²) in [6.45, 7) is 3.77. The van der Waals surface area contributed by atoms with Crippen LogP contribution in [0.3, 0.4) is 0 Å². The molecule has 0 radical (unpaired) electrons. The van der Waals surface area contributed by atoms with Crippen molar-refractivity contribution in [1.29, 1.82) is 0 Å². The van der Waals surface area contributed by atoms with Crippen LogP contribution in [0.25, 0.3) is 0 Å². The lowest BCUT2D eigenvalue weighted by molar-refractivity contribution is -0.142. The van der Waals surface area contributed by atoms with E-state index in [2.05, 4.69) is 20.9 Å². The summed E-state index contributed by atoms with van der Waals surface area (Å²) in [6.07, 6.45) is 4.97. The molecule has 0 aromatic heterocycles. The molecule has 0 aliphatic carbocycles. The van der Waals surface area contributed by atoms with Crippen LogP contribution in [0.15, 0.2) is 4.99 Å². The second-order valence-corrected chi connectivity index (χ2v) is 10.3. The van der Waals surface area contributed by atoms with Gasteiger partial charge in [0.25, 0.3) is 0 Å². The fraction of sp³-hybridized carbons (Fsp3) is 0.762. The maximum absolute atomic E-state index is 13.0. The number of nitrogens with one attached hydrogen (secondary N) is 3. The van der Waals surface area contributed by atoms with Crippen molar-refractivity contribution < 1.29 is 24.3 Å². The molecule has 4 atom stereocenters. The molecule has 0 heterocycles. The Balaban J connectivity index is 5.31. The first-order valence-corrected chi connectivity index (χ1v) is 14.2. The van der Waals surface area contributed by atoms with Crippen LogP contribution in [-0.2, 0) is 19.2 Å². The second kappa shape index (κ2) is 18.1. The van der Waals surface area contributed by atoms with Crippen molar-refractivity contribution >= 4 is 53.2 Å². The van der Waals surface area contributed by atoms with E-state index in [1.54, 1.807) is 25.6 Å². The highest BCUT2D eigenvalue weighted by Gasteiger charge is 2.31. The van der Waals surface area contributed by atoms with Crippen LogP contribution in [0.2, 0.25) is 0 Å². The molecule has 14 heteroatoms. The van der Waals surface area contributed by atoms with Crippen molar-refractivity contribution in [2.24, 2.45) is 28.1 Å². The molecule has 0 rings (SSSR count). The quantitative estimate of drug-likeness (QED) is 0.0650. The normalized spacial score (nSPS) is 14.3. The average Bonchev–Trinajstić information content (AvgIpc) is 2.79. The lowest BCUT2D eigenvalue weighted by Gasteiger charge is -2.27. The number of amides is 3. The van der Waals surface area contributed by atoms with Gasteiger partial charge in [-0.3, -0.25) is 19.4 Å². The Labute approximate surface area is 215 Å². The maximum atomic E-state index is 13.0. The van der Waals surface area contributed by atoms with Crippen LogP contribution in [-0.4, -0.2) is 89.5 Å². The van der Waals surface area contributed by atoms with Gasteiger partial charge in [0, 0.05) is 6.54 Å². The largest absolute Gasteiger partial charge is 0.480 e. The first-order valence-electron chi connectivity index (χ1n) is 11.4. The summed E-state index contributed by atoms with van der Waals surface area (Å²) in [7, 11) is 0. The number of hydrogen-bond donors (Lipinski definition) is 7. The van der Waals surface area contributed by atoms with E-state index >= 15 is 0 Å². The summed E-state index contributed by atoms with van der Waals surface area (Å²) in [5.74, 6) is -1.90. The van der Waals surface area contributed by atoms with E-state index in [4.69, 9.17) is 17.2 Å². The molecule has 0 fully saturated rings.